The molecule has 1 saturated heterocycles. The van der Waals surface area contributed by atoms with Gasteiger partial charge in [-0.3, -0.25) is 9.69 Å². The van der Waals surface area contributed by atoms with Gasteiger partial charge in [-0.1, -0.05) is 12.2 Å². The molecule has 5 heteroatoms. The highest BCUT2D eigenvalue weighted by atomic mass is 32.1. The smallest absolute Gasteiger partial charge is 0.323 e. The van der Waals surface area contributed by atoms with Gasteiger partial charge < -0.3 is 10.5 Å². The maximum absolute atomic E-state index is 11.2. The van der Waals surface area contributed by atoms with Crippen molar-refractivity contribution in [1.29, 1.82) is 0 Å². The van der Waals surface area contributed by atoms with Crippen molar-refractivity contribution in [3.63, 3.8) is 0 Å². The Bertz CT molecular complexity index is 232. The summed E-state index contributed by atoms with van der Waals surface area (Å²) in [5.74, 6) is -0.175. The van der Waals surface area contributed by atoms with Gasteiger partial charge in [0, 0.05) is 6.42 Å². The highest BCUT2D eigenvalue weighted by Gasteiger charge is 2.33. The Kier molecular flexibility index (Phi) is 3.22. The number of thiocarbonyl (C=S) groups is 1. The zero-order valence-corrected chi connectivity index (χ0v) is 8.63. The highest BCUT2D eigenvalue weighted by molar-refractivity contribution is 7.80. The molecule has 0 radical (unpaired) electrons. The number of rotatable bonds is 3. The van der Waals surface area contributed by atoms with Gasteiger partial charge in [-0.25, -0.2) is 0 Å². The summed E-state index contributed by atoms with van der Waals surface area (Å²) in [6.07, 6.45) is 0.724. The van der Waals surface area contributed by atoms with Crippen molar-refractivity contribution >= 4 is 23.2 Å². The zero-order valence-electron chi connectivity index (χ0n) is 7.82. The first-order valence-electron chi connectivity index (χ1n) is 4.22. The Hall–Kier alpha value is -0.680. The van der Waals surface area contributed by atoms with E-state index in [-0.39, 0.29) is 18.1 Å². The van der Waals surface area contributed by atoms with Crippen LogP contribution in [0.4, 0.5) is 0 Å². The third kappa shape index (κ3) is 2.16. The van der Waals surface area contributed by atoms with Crippen molar-refractivity contribution in [1.82, 2.24) is 4.90 Å². The molecule has 2 N–H and O–H groups in total. The van der Waals surface area contributed by atoms with Crippen LogP contribution in [0, 0.1) is 0 Å². The molecule has 1 heterocycles. The standard InChI is InChI=1S/C8H14N2O2S/c1-5(7(9)13)10(2)6-3-4-12-8(6)11/h5-6H,3-4H2,1-2H3,(H2,9,13). The largest absolute Gasteiger partial charge is 0.464 e. The van der Waals surface area contributed by atoms with E-state index in [0.717, 1.165) is 6.42 Å². The molecular formula is C8H14N2O2S. The van der Waals surface area contributed by atoms with Gasteiger partial charge >= 0.3 is 5.97 Å². The van der Waals surface area contributed by atoms with E-state index in [9.17, 15) is 4.79 Å². The lowest BCUT2D eigenvalue weighted by Crippen LogP contribution is -2.46. The first-order valence-corrected chi connectivity index (χ1v) is 4.62. The lowest BCUT2D eigenvalue weighted by molar-refractivity contribution is -0.142. The molecule has 0 amide bonds. The van der Waals surface area contributed by atoms with Crippen molar-refractivity contribution in [2.75, 3.05) is 13.7 Å². The predicted molar refractivity (Wildman–Crippen MR) is 53.4 cm³/mol. The molecular weight excluding hydrogens is 188 g/mol. The molecule has 4 nitrogen and oxygen atoms in total. The summed E-state index contributed by atoms with van der Waals surface area (Å²) in [7, 11) is 1.83. The third-order valence-electron chi connectivity index (χ3n) is 2.42. The predicted octanol–water partition coefficient (Wildman–Crippen LogP) is -0.0917. The lowest BCUT2D eigenvalue weighted by atomic mass is 10.2. The number of likely N-dealkylation sites (N-methyl/N-ethyl adjacent to an activating group) is 1. The Labute approximate surface area is 83.0 Å². The fourth-order valence-corrected chi connectivity index (χ4v) is 1.49. The van der Waals surface area contributed by atoms with Crippen LogP contribution in [0.3, 0.4) is 0 Å². The molecule has 1 aliphatic heterocycles. The summed E-state index contributed by atoms with van der Waals surface area (Å²) in [5.41, 5.74) is 5.49. The average molecular weight is 202 g/mol. The maximum Gasteiger partial charge on any atom is 0.323 e. The molecule has 0 saturated carbocycles. The van der Waals surface area contributed by atoms with Crippen LogP contribution in [0.25, 0.3) is 0 Å². The molecule has 0 aromatic heterocycles. The summed E-state index contributed by atoms with van der Waals surface area (Å²) in [6, 6.07) is -0.248. The molecule has 0 aromatic rings. The molecule has 74 valence electrons. The van der Waals surface area contributed by atoms with E-state index in [0.29, 0.717) is 11.6 Å². The average Bonchev–Trinajstić information content (AvgIpc) is 2.48. The van der Waals surface area contributed by atoms with Crippen molar-refractivity contribution in [2.45, 2.75) is 25.4 Å². The molecule has 2 unspecified atom stereocenters. The molecule has 0 bridgehead atoms. The summed E-state index contributed by atoms with van der Waals surface area (Å²) in [4.78, 5) is 13.5. The first kappa shape index (κ1) is 10.4. The van der Waals surface area contributed by atoms with E-state index in [1.165, 1.54) is 0 Å². The van der Waals surface area contributed by atoms with Gasteiger partial charge in [0.15, 0.2) is 0 Å². The number of hydrogen-bond acceptors (Lipinski definition) is 4. The Balaban J connectivity index is 2.60. The summed E-state index contributed by atoms with van der Waals surface area (Å²) in [5, 5.41) is 0. The van der Waals surface area contributed by atoms with Crippen LogP contribution in [0.15, 0.2) is 0 Å². The van der Waals surface area contributed by atoms with E-state index in [2.05, 4.69) is 0 Å². The summed E-state index contributed by atoms with van der Waals surface area (Å²) < 4.78 is 4.85. The number of esters is 1. The number of carbonyl (C=O) groups excluding carboxylic acids is 1. The molecule has 0 aromatic carbocycles. The number of ether oxygens (including phenoxy) is 1. The van der Waals surface area contributed by atoms with Gasteiger partial charge in [-0.15, -0.1) is 0 Å². The quantitative estimate of drug-likeness (QED) is 0.512. The van der Waals surface area contributed by atoms with Gasteiger partial charge in [-0.05, 0) is 14.0 Å². The van der Waals surface area contributed by atoms with E-state index in [1.807, 2.05) is 18.9 Å². The van der Waals surface area contributed by atoms with Gasteiger partial charge in [0.25, 0.3) is 0 Å². The van der Waals surface area contributed by atoms with Crippen LogP contribution in [-0.4, -0.2) is 41.6 Å². The minimum atomic E-state index is -0.184. The second kappa shape index (κ2) is 4.02. The topological polar surface area (TPSA) is 55.6 Å². The fraction of sp³-hybridized carbons (Fsp3) is 0.750. The van der Waals surface area contributed by atoms with Crippen molar-refractivity contribution in [3.8, 4) is 0 Å². The molecule has 1 rings (SSSR count). The van der Waals surface area contributed by atoms with Crippen molar-refractivity contribution in [2.24, 2.45) is 5.73 Å². The number of nitrogens with zero attached hydrogens (tertiary/aromatic N) is 1. The SMILES string of the molecule is CC(C(N)=S)N(C)C1CCOC1=O. The summed E-state index contributed by atoms with van der Waals surface area (Å²) >= 11 is 4.85. The van der Waals surface area contributed by atoms with Crippen LogP contribution in [0.5, 0.6) is 0 Å². The zero-order chi connectivity index (χ0) is 10.0. The summed E-state index contributed by atoms with van der Waals surface area (Å²) in [6.45, 7) is 2.38. The van der Waals surface area contributed by atoms with Crippen LogP contribution in [0.2, 0.25) is 0 Å². The van der Waals surface area contributed by atoms with Crippen LogP contribution >= 0.6 is 12.2 Å². The lowest BCUT2D eigenvalue weighted by Gasteiger charge is -2.26. The minimum absolute atomic E-state index is 0.0642. The van der Waals surface area contributed by atoms with Crippen LogP contribution in [-0.2, 0) is 9.53 Å². The van der Waals surface area contributed by atoms with Gasteiger partial charge in [0.2, 0.25) is 0 Å². The second-order valence-electron chi connectivity index (χ2n) is 3.22. The normalized spacial score (nSPS) is 24.5. The molecule has 1 aliphatic rings. The fourth-order valence-electron chi connectivity index (χ4n) is 1.33. The monoisotopic (exact) mass is 202 g/mol. The van der Waals surface area contributed by atoms with Gasteiger partial charge in [-0.2, -0.15) is 0 Å². The van der Waals surface area contributed by atoms with Crippen molar-refractivity contribution < 1.29 is 9.53 Å². The minimum Gasteiger partial charge on any atom is -0.464 e. The Morgan fingerprint density at radius 2 is 2.46 bits per heavy atom. The van der Waals surface area contributed by atoms with Gasteiger partial charge in [0.05, 0.1) is 17.6 Å². The maximum atomic E-state index is 11.2. The Morgan fingerprint density at radius 3 is 2.85 bits per heavy atom. The van der Waals surface area contributed by atoms with Gasteiger partial charge in [0.1, 0.15) is 6.04 Å². The number of nitrogens with two attached hydrogens (primary N) is 1. The van der Waals surface area contributed by atoms with E-state index >= 15 is 0 Å². The van der Waals surface area contributed by atoms with Crippen LogP contribution in [0.1, 0.15) is 13.3 Å². The molecule has 2 atom stereocenters. The molecule has 13 heavy (non-hydrogen) atoms. The van der Waals surface area contributed by atoms with Crippen LogP contribution < -0.4 is 5.73 Å². The molecule has 0 aliphatic carbocycles. The van der Waals surface area contributed by atoms with Crippen molar-refractivity contribution in [3.05, 3.63) is 0 Å². The van der Waals surface area contributed by atoms with E-state index < -0.39 is 0 Å². The van der Waals surface area contributed by atoms with E-state index in [4.69, 9.17) is 22.7 Å². The highest BCUT2D eigenvalue weighted by Crippen LogP contribution is 2.14. The molecule has 1 fully saturated rings. The second-order valence-corrected chi connectivity index (χ2v) is 3.69. The Morgan fingerprint density at radius 1 is 1.85 bits per heavy atom. The molecule has 0 spiro atoms. The number of carbonyl (C=O) groups is 1. The third-order valence-corrected chi connectivity index (χ3v) is 2.76. The number of cyclic esters (lactones) is 1. The first-order chi connectivity index (χ1) is 6.04. The number of hydrogen-bond donors (Lipinski definition) is 1. The van der Waals surface area contributed by atoms with E-state index in [1.54, 1.807) is 0 Å².